The summed E-state index contributed by atoms with van der Waals surface area (Å²) < 4.78 is 20.3. The van der Waals surface area contributed by atoms with Crippen LogP contribution >= 0.6 is 0 Å². The molecule has 0 amide bonds. The van der Waals surface area contributed by atoms with Crippen LogP contribution in [0, 0.1) is 0 Å². The molecule has 212 valence electrons. The highest BCUT2D eigenvalue weighted by atomic mass is 16.5. The van der Waals surface area contributed by atoms with Crippen LogP contribution in [0.25, 0.3) is 10.9 Å². The maximum absolute atomic E-state index is 13.9. The molecule has 0 unspecified atom stereocenters. The Labute approximate surface area is 230 Å². The number of hydrogen-bond acceptors (Lipinski definition) is 4. The van der Waals surface area contributed by atoms with Crippen LogP contribution in [0.4, 0.5) is 0 Å². The van der Waals surface area contributed by atoms with Crippen molar-refractivity contribution in [3.63, 3.8) is 0 Å². The molecule has 0 atom stereocenters. The van der Waals surface area contributed by atoms with E-state index in [1.165, 1.54) is 11.1 Å². The van der Waals surface area contributed by atoms with Gasteiger partial charge in [0.25, 0.3) is 5.56 Å². The van der Waals surface area contributed by atoms with Crippen molar-refractivity contribution in [2.24, 2.45) is 0 Å². The maximum Gasteiger partial charge on any atom is 0.297 e. The first-order valence-electron chi connectivity index (χ1n) is 14.8. The molecule has 0 bridgehead atoms. The van der Waals surface area contributed by atoms with Crippen molar-refractivity contribution in [2.45, 2.75) is 112 Å². The largest absolute Gasteiger partial charge is 0.494 e. The topological polar surface area (TPSA) is 49.7 Å². The van der Waals surface area contributed by atoms with Gasteiger partial charge in [-0.05, 0) is 71.1 Å². The lowest BCUT2D eigenvalue weighted by atomic mass is 10.1. The molecule has 0 aliphatic rings. The Balaban J connectivity index is 2.47. The first-order valence-corrected chi connectivity index (χ1v) is 14.8. The highest BCUT2D eigenvalue weighted by Gasteiger charge is 2.20. The van der Waals surface area contributed by atoms with Gasteiger partial charge in [-0.3, -0.25) is 4.79 Å². The fraction of sp³-hybridized carbons (Fsp3) is 0.606. The van der Waals surface area contributed by atoms with Gasteiger partial charge in [0, 0.05) is 18.0 Å². The van der Waals surface area contributed by atoms with Gasteiger partial charge in [-0.1, -0.05) is 70.1 Å². The summed E-state index contributed by atoms with van der Waals surface area (Å²) in [5.74, 6) is 1.66. The van der Waals surface area contributed by atoms with E-state index in [-0.39, 0.29) is 5.56 Å². The molecule has 38 heavy (non-hydrogen) atoms. The standard InChI is InChI=1S/C33H51NO4/c1-7-10-13-14-21-34-30-25-28(36-22-11-8-2)18-19-29(30)31(37-23-12-9-3)32(33(34)35)38-24-20-27(6)17-15-16-26(4)5/h16,18-20,25H,7-15,17,21-24H2,1-6H3/b27-20+. The first-order chi connectivity index (χ1) is 18.4. The van der Waals surface area contributed by atoms with Crippen molar-refractivity contribution in [1.29, 1.82) is 0 Å². The lowest BCUT2D eigenvalue weighted by Crippen LogP contribution is -2.24. The second-order valence-electron chi connectivity index (χ2n) is 10.4. The second kappa shape index (κ2) is 17.8. The van der Waals surface area contributed by atoms with E-state index in [0.717, 1.165) is 80.9 Å². The Bertz CT molecular complexity index is 1090. The molecule has 0 saturated heterocycles. The van der Waals surface area contributed by atoms with Gasteiger partial charge in [0.1, 0.15) is 12.4 Å². The molecule has 0 radical (unpaired) electrons. The fourth-order valence-electron chi connectivity index (χ4n) is 4.27. The molecule has 1 aromatic heterocycles. The second-order valence-corrected chi connectivity index (χ2v) is 10.4. The molecule has 0 spiro atoms. The normalized spacial score (nSPS) is 11.6. The van der Waals surface area contributed by atoms with Crippen LogP contribution in [0.3, 0.4) is 0 Å². The number of nitrogens with zero attached hydrogens (tertiary/aromatic N) is 1. The third kappa shape index (κ3) is 10.2. The molecule has 0 aliphatic carbocycles. The monoisotopic (exact) mass is 525 g/mol. The van der Waals surface area contributed by atoms with Gasteiger partial charge in [-0.25, -0.2) is 0 Å². The number of hydrogen-bond donors (Lipinski definition) is 0. The summed E-state index contributed by atoms with van der Waals surface area (Å²) >= 11 is 0. The average Bonchev–Trinajstić information content (AvgIpc) is 2.89. The predicted octanol–water partition coefficient (Wildman–Crippen LogP) is 9.01. The highest BCUT2D eigenvalue weighted by Crippen LogP contribution is 2.35. The zero-order chi connectivity index (χ0) is 27.8. The molecule has 0 saturated carbocycles. The average molecular weight is 526 g/mol. The van der Waals surface area contributed by atoms with Gasteiger partial charge in [0.2, 0.25) is 5.75 Å². The quantitative estimate of drug-likeness (QED) is 0.136. The van der Waals surface area contributed by atoms with Crippen LogP contribution in [0.15, 0.2) is 46.3 Å². The van der Waals surface area contributed by atoms with Crippen molar-refractivity contribution < 1.29 is 14.2 Å². The lowest BCUT2D eigenvalue weighted by molar-refractivity contribution is 0.277. The molecular weight excluding hydrogens is 474 g/mol. The van der Waals surface area contributed by atoms with Crippen molar-refractivity contribution in [3.05, 3.63) is 51.9 Å². The summed E-state index contributed by atoms with van der Waals surface area (Å²) in [7, 11) is 0. The predicted molar refractivity (Wildman–Crippen MR) is 161 cm³/mol. The number of rotatable bonds is 19. The molecule has 2 rings (SSSR count). The van der Waals surface area contributed by atoms with Gasteiger partial charge in [0.05, 0.1) is 18.7 Å². The molecule has 5 heteroatoms. The smallest absolute Gasteiger partial charge is 0.297 e. The van der Waals surface area contributed by atoms with E-state index in [2.05, 4.69) is 53.7 Å². The molecular formula is C33H51NO4. The van der Waals surface area contributed by atoms with E-state index in [0.29, 0.717) is 37.9 Å². The number of unbranched alkanes of at least 4 members (excludes halogenated alkanes) is 5. The summed E-state index contributed by atoms with van der Waals surface area (Å²) in [5.41, 5.74) is 3.32. The van der Waals surface area contributed by atoms with Crippen LogP contribution in [0.2, 0.25) is 0 Å². The lowest BCUT2D eigenvalue weighted by Gasteiger charge is -2.19. The number of fused-ring (bicyclic) bond motifs is 1. The Morgan fingerprint density at radius 1 is 0.816 bits per heavy atom. The number of aromatic nitrogens is 1. The minimum atomic E-state index is -0.123. The van der Waals surface area contributed by atoms with Crippen LogP contribution in [0.5, 0.6) is 17.2 Å². The molecule has 0 N–H and O–H groups in total. The summed E-state index contributed by atoms with van der Waals surface area (Å²) in [4.78, 5) is 13.9. The fourth-order valence-corrected chi connectivity index (χ4v) is 4.27. The van der Waals surface area contributed by atoms with E-state index in [9.17, 15) is 4.79 Å². The maximum atomic E-state index is 13.9. The number of pyridine rings is 1. The van der Waals surface area contributed by atoms with E-state index in [4.69, 9.17) is 14.2 Å². The van der Waals surface area contributed by atoms with Gasteiger partial charge >= 0.3 is 0 Å². The number of benzene rings is 1. The Kier molecular flexibility index (Phi) is 14.7. The summed E-state index contributed by atoms with van der Waals surface area (Å²) in [6.07, 6.45) is 14.7. The minimum absolute atomic E-state index is 0.123. The van der Waals surface area contributed by atoms with Crippen molar-refractivity contribution in [1.82, 2.24) is 4.57 Å². The van der Waals surface area contributed by atoms with Gasteiger partial charge < -0.3 is 18.8 Å². The van der Waals surface area contributed by atoms with E-state index >= 15 is 0 Å². The Morgan fingerprint density at radius 2 is 1.53 bits per heavy atom. The SMILES string of the molecule is CCCCCCn1c(=O)c(OC/C=C(\C)CCC=C(C)C)c(OCCCC)c2ccc(OCCCC)cc21. The Morgan fingerprint density at radius 3 is 2.21 bits per heavy atom. The number of aryl methyl sites for hydroxylation is 1. The van der Waals surface area contributed by atoms with Gasteiger partial charge in [0.15, 0.2) is 5.75 Å². The van der Waals surface area contributed by atoms with Crippen molar-refractivity contribution >= 4 is 10.9 Å². The van der Waals surface area contributed by atoms with Gasteiger partial charge in [-0.15, -0.1) is 0 Å². The van der Waals surface area contributed by atoms with E-state index in [1.807, 2.05) is 22.8 Å². The highest BCUT2D eigenvalue weighted by molar-refractivity contribution is 5.89. The first kappa shape index (κ1) is 31.5. The van der Waals surface area contributed by atoms with E-state index in [1.54, 1.807) is 0 Å². The summed E-state index contributed by atoms with van der Waals surface area (Å²) in [5, 5.41) is 0.901. The van der Waals surface area contributed by atoms with Crippen LogP contribution < -0.4 is 19.8 Å². The third-order valence-electron chi connectivity index (χ3n) is 6.65. The third-order valence-corrected chi connectivity index (χ3v) is 6.65. The summed E-state index contributed by atoms with van der Waals surface area (Å²) in [6, 6.07) is 6.00. The number of ether oxygens (including phenoxy) is 3. The zero-order valence-corrected chi connectivity index (χ0v) is 24.9. The van der Waals surface area contributed by atoms with Crippen molar-refractivity contribution in [3.8, 4) is 17.2 Å². The molecule has 2 aromatic rings. The summed E-state index contributed by atoms with van der Waals surface area (Å²) in [6.45, 7) is 15.1. The van der Waals surface area contributed by atoms with Gasteiger partial charge in [-0.2, -0.15) is 0 Å². The Hall–Kier alpha value is -2.69. The van der Waals surface area contributed by atoms with Crippen molar-refractivity contribution in [2.75, 3.05) is 19.8 Å². The van der Waals surface area contributed by atoms with Crippen LogP contribution in [0.1, 0.15) is 106 Å². The number of allylic oxidation sites excluding steroid dienone is 3. The molecule has 1 aromatic carbocycles. The van der Waals surface area contributed by atoms with E-state index < -0.39 is 0 Å². The zero-order valence-electron chi connectivity index (χ0n) is 24.9. The van der Waals surface area contributed by atoms with Crippen LogP contribution in [-0.4, -0.2) is 24.4 Å². The van der Waals surface area contributed by atoms with Crippen LogP contribution in [-0.2, 0) is 6.54 Å². The molecule has 5 nitrogen and oxygen atoms in total. The molecule has 1 heterocycles. The molecule has 0 fully saturated rings. The molecule has 0 aliphatic heterocycles. The minimum Gasteiger partial charge on any atom is -0.494 e.